The maximum atomic E-state index is 4.30. The van der Waals surface area contributed by atoms with Gasteiger partial charge in [-0.15, -0.1) is 24.0 Å². The first kappa shape index (κ1) is 20.2. The highest BCUT2D eigenvalue weighted by Gasteiger charge is 2.29. The van der Waals surface area contributed by atoms with Crippen LogP contribution in [0.2, 0.25) is 0 Å². The van der Waals surface area contributed by atoms with Crippen LogP contribution < -0.4 is 10.6 Å². The highest BCUT2D eigenvalue weighted by Crippen LogP contribution is 2.27. The molecule has 0 amide bonds. The molecule has 5 heteroatoms. The van der Waals surface area contributed by atoms with Crippen LogP contribution in [0.15, 0.2) is 29.3 Å². The van der Waals surface area contributed by atoms with Crippen LogP contribution in [-0.2, 0) is 6.54 Å². The van der Waals surface area contributed by atoms with Crippen molar-refractivity contribution in [3.05, 3.63) is 35.4 Å². The lowest BCUT2D eigenvalue weighted by molar-refractivity contribution is 0.215. The van der Waals surface area contributed by atoms with Crippen LogP contribution in [0.25, 0.3) is 0 Å². The Morgan fingerprint density at radius 2 is 1.87 bits per heavy atom. The molecule has 2 N–H and O–H groups in total. The fraction of sp³-hybridized carbons (Fsp3) is 0.611. The molecule has 0 unspecified atom stereocenters. The second kappa shape index (κ2) is 10.1. The summed E-state index contributed by atoms with van der Waals surface area (Å²) in [4.78, 5) is 6.88. The van der Waals surface area contributed by atoms with E-state index in [1.165, 1.54) is 24.0 Å². The number of halogens is 1. The van der Waals surface area contributed by atoms with E-state index in [0.29, 0.717) is 6.04 Å². The fourth-order valence-electron chi connectivity index (χ4n) is 2.68. The lowest BCUT2D eigenvalue weighted by atomic mass is 10.1. The quantitative estimate of drug-likeness (QED) is 0.397. The lowest BCUT2D eigenvalue weighted by Crippen LogP contribution is -2.43. The maximum Gasteiger partial charge on any atom is 0.191 e. The van der Waals surface area contributed by atoms with Crippen molar-refractivity contribution < 1.29 is 0 Å². The van der Waals surface area contributed by atoms with Gasteiger partial charge < -0.3 is 10.6 Å². The molecule has 0 spiro atoms. The predicted molar refractivity (Wildman–Crippen MR) is 110 cm³/mol. The summed E-state index contributed by atoms with van der Waals surface area (Å²) in [5.41, 5.74) is 2.57. The lowest BCUT2D eigenvalue weighted by Gasteiger charge is -2.26. The van der Waals surface area contributed by atoms with Crippen LogP contribution in [0.3, 0.4) is 0 Å². The van der Waals surface area contributed by atoms with E-state index in [1.54, 1.807) is 0 Å². The summed E-state index contributed by atoms with van der Waals surface area (Å²) < 4.78 is 0. The minimum absolute atomic E-state index is 0. The first-order valence-electron chi connectivity index (χ1n) is 8.36. The Hall–Kier alpha value is -0.820. The molecular formula is C18H31IN4. The van der Waals surface area contributed by atoms with Crippen molar-refractivity contribution in [1.82, 2.24) is 15.5 Å². The molecule has 23 heavy (non-hydrogen) atoms. The van der Waals surface area contributed by atoms with E-state index in [9.17, 15) is 0 Å². The SMILES string of the molecule is CN=C(NCCN(C(C)C)C1CC1)NCc1ccc(C)cc1.I. The number of hydrogen-bond donors (Lipinski definition) is 2. The van der Waals surface area contributed by atoms with Crippen LogP contribution in [0.4, 0.5) is 0 Å². The van der Waals surface area contributed by atoms with Gasteiger partial charge in [0, 0.05) is 38.8 Å². The van der Waals surface area contributed by atoms with Gasteiger partial charge in [0.1, 0.15) is 0 Å². The molecular weight excluding hydrogens is 399 g/mol. The first-order valence-corrected chi connectivity index (χ1v) is 8.36. The summed E-state index contributed by atoms with van der Waals surface area (Å²) in [5, 5.41) is 6.79. The molecule has 0 bridgehead atoms. The predicted octanol–water partition coefficient (Wildman–Crippen LogP) is 3.15. The van der Waals surface area contributed by atoms with Gasteiger partial charge in [-0.25, -0.2) is 0 Å². The van der Waals surface area contributed by atoms with E-state index in [-0.39, 0.29) is 24.0 Å². The summed E-state index contributed by atoms with van der Waals surface area (Å²) in [6.07, 6.45) is 2.72. The number of benzene rings is 1. The van der Waals surface area contributed by atoms with E-state index in [4.69, 9.17) is 0 Å². The summed E-state index contributed by atoms with van der Waals surface area (Å²) in [7, 11) is 1.82. The van der Waals surface area contributed by atoms with E-state index in [1.807, 2.05) is 7.05 Å². The van der Waals surface area contributed by atoms with E-state index in [2.05, 4.69) is 65.6 Å². The number of nitrogens with one attached hydrogen (secondary N) is 2. The molecule has 0 saturated heterocycles. The third-order valence-corrected chi connectivity index (χ3v) is 4.15. The molecule has 1 fully saturated rings. The first-order chi connectivity index (χ1) is 10.6. The van der Waals surface area contributed by atoms with Crippen molar-refractivity contribution >= 4 is 29.9 Å². The second-order valence-corrected chi connectivity index (χ2v) is 6.40. The molecule has 0 radical (unpaired) electrons. The van der Waals surface area contributed by atoms with Crippen LogP contribution in [0.1, 0.15) is 37.8 Å². The van der Waals surface area contributed by atoms with E-state index < -0.39 is 0 Å². The van der Waals surface area contributed by atoms with Gasteiger partial charge in [0.25, 0.3) is 0 Å². The van der Waals surface area contributed by atoms with E-state index in [0.717, 1.165) is 31.6 Å². The van der Waals surface area contributed by atoms with Crippen molar-refractivity contribution in [2.75, 3.05) is 20.1 Å². The number of aliphatic imine (C=N–C) groups is 1. The summed E-state index contributed by atoms with van der Waals surface area (Å²) in [6.45, 7) is 9.48. The van der Waals surface area contributed by atoms with Crippen molar-refractivity contribution in [3.8, 4) is 0 Å². The number of nitrogens with zero attached hydrogens (tertiary/aromatic N) is 2. The Balaban J connectivity index is 0.00000264. The van der Waals surface area contributed by atoms with Crippen LogP contribution in [0, 0.1) is 6.92 Å². The van der Waals surface area contributed by atoms with Gasteiger partial charge in [-0.3, -0.25) is 9.89 Å². The van der Waals surface area contributed by atoms with Gasteiger partial charge in [0.05, 0.1) is 0 Å². The zero-order chi connectivity index (χ0) is 15.9. The molecule has 0 aromatic heterocycles. The molecule has 4 nitrogen and oxygen atoms in total. The van der Waals surface area contributed by atoms with Gasteiger partial charge in [-0.1, -0.05) is 29.8 Å². The minimum atomic E-state index is 0. The normalized spacial score (nSPS) is 14.8. The summed E-state index contributed by atoms with van der Waals surface area (Å²) in [5.74, 6) is 0.875. The topological polar surface area (TPSA) is 39.7 Å². The molecule has 2 rings (SSSR count). The zero-order valence-electron chi connectivity index (χ0n) is 14.8. The van der Waals surface area contributed by atoms with Crippen molar-refractivity contribution in [2.24, 2.45) is 4.99 Å². The van der Waals surface area contributed by atoms with Crippen LogP contribution >= 0.6 is 24.0 Å². The number of hydrogen-bond acceptors (Lipinski definition) is 2. The number of aryl methyl sites for hydroxylation is 1. The van der Waals surface area contributed by atoms with Crippen molar-refractivity contribution in [2.45, 2.75) is 52.2 Å². The Kier molecular flexibility index (Phi) is 8.91. The molecule has 1 aliphatic carbocycles. The zero-order valence-corrected chi connectivity index (χ0v) is 17.1. The highest BCUT2D eigenvalue weighted by molar-refractivity contribution is 14.0. The van der Waals surface area contributed by atoms with E-state index >= 15 is 0 Å². The molecule has 0 heterocycles. The van der Waals surface area contributed by atoms with Crippen molar-refractivity contribution in [1.29, 1.82) is 0 Å². The minimum Gasteiger partial charge on any atom is -0.355 e. The third-order valence-electron chi connectivity index (χ3n) is 4.15. The maximum absolute atomic E-state index is 4.30. The van der Waals surface area contributed by atoms with Gasteiger partial charge in [0.15, 0.2) is 5.96 Å². The molecule has 1 saturated carbocycles. The average molecular weight is 430 g/mol. The monoisotopic (exact) mass is 430 g/mol. The Bertz CT molecular complexity index is 478. The molecule has 0 atom stereocenters. The standard InChI is InChI=1S/C18H30N4.HI/c1-14(2)22(17-9-10-17)12-11-20-18(19-4)21-13-16-7-5-15(3)6-8-16;/h5-8,14,17H,9-13H2,1-4H3,(H2,19,20,21);1H. The molecule has 1 aromatic rings. The van der Waals surface area contributed by atoms with Gasteiger partial charge >= 0.3 is 0 Å². The average Bonchev–Trinajstić information content (AvgIpc) is 3.32. The molecule has 1 aliphatic rings. The molecule has 1 aromatic carbocycles. The third kappa shape index (κ3) is 7.08. The Labute approximate surface area is 158 Å². The smallest absolute Gasteiger partial charge is 0.191 e. The summed E-state index contributed by atoms with van der Waals surface area (Å²) in [6, 6.07) is 10.0. The van der Waals surface area contributed by atoms with Gasteiger partial charge in [-0.2, -0.15) is 0 Å². The van der Waals surface area contributed by atoms with Gasteiger partial charge in [-0.05, 0) is 39.2 Å². The van der Waals surface area contributed by atoms with Crippen LogP contribution in [-0.4, -0.2) is 43.1 Å². The molecule has 0 aliphatic heterocycles. The number of guanidine groups is 1. The van der Waals surface area contributed by atoms with Crippen molar-refractivity contribution in [3.63, 3.8) is 0 Å². The number of rotatable bonds is 7. The molecule has 130 valence electrons. The second-order valence-electron chi connectivity index (χ2n) is 6.40. The Morgan fingerprint density at radius 1 is 1.22 bits per heavy atom. The Morgan fingerprint density at radius 3 is 2.39 bits per heavy atom. The highest BCUT2D eigenvalue weighted by atomic mass is 127. The fourth-order valence-corrected chi connectivity index (χ4v) is 2.68. The van der Waals surface area contributed by atoms with Crippen LogP contribution in [0.5, 0.6) is 0 Å². The van der Waals surface area contributed by atoms with Gasteiger partial charge in [0.2, 0.25) is 0 Å². The summed E-state index contributed by atoms with van der Waals surface area (Å²) >= 11 is 0. The largest absolute Gasteiger partial charge is 0.355 e.